The van der Waals surface area contributed by atoms with Gasteiger partial charge < -0.3 is 10.5 Å². The van der Waals surface area contributed by atoms with Gasteiger partial charge in [-0.2, -0.15) is 0 Å². The molecular formula is C10H12FNO2. The van der Waals surface area contributed by atoms with Crippen LogP contribution in [-0.4, -0.2) is 12.0 Å². The van der Waals surface area contributed by atoms with Crippen molar-refractivity contribution in [1.82, 2.24) is 0 Å². The van der Waals surface area contributed by atoms with Crippen LogP contribution in [0.25, 0.3) is 0 Å². The molecule has 1 aromatic rings. The fourth-order valence-corrected chi connectivity index (χ4v) is 1.02. The van der Waals surface area contributed by atoms with Gasteiger partial charge in [0.1, 0.15) is 11.6 Å². The van der Waals surface area contributed by atoms with Crippen molar-refractivity contribution in [1.29, 1.82) is 0 Å². The highest BCUT2D eigenvalue weighted by atomic mass is 19.1. The summed E-state index contributed by atoms with van der Waals surface area (Å²) in [7, 11) is 0. The van der Waals surface area contributed by atoms with Gasteiger partial charge in [0.05, 0.1) is 0 Å². The standard InChI is InChI=1S/C10H12FNO2/c1-2-9(10(12)13)14-8-5-3-7(11)4-6-8/h3-6,9H,2H2,1H3,(H2,12,13)/t9-/m1/s1. The number of halogens is 1. The van der Waals surface area contributed by atoms with E-state index in [0.717, 1.165) is 0 Å². The molecule has 1 atom stereocenters. The highest BCUT2D eigenvalue weighted by Gasteiger charge is 2.13. The number of nitrogens with two attached hydrogens (primary N) is 1. The highest BCUT2D eigenvalue weighted by molar-refractivity contribution is 5.79. The van der Waals surface area contributed by atoms with Crippen molar-refractivity contribution < 1.29 is 13.9 Å². The van der Waals surface area contributed by atoms with Crippen LogP contribution in [-0.2, 0) is 4.79 Å². The lowest BCUT2D eigenvalue weighted by Crippen LogP contribution is -2.32. The number of amides is 1. The van der Waals surface area contributed by atoms with Crippen LogP contribution >= 0.6 is 0 Å². The molecule has 0 aromatic heterocycles. The molecule has 0 aliphatic carbocycles. The lowest BCUT2D eigenvalue weighted by atomic mass is 10.2. The van der Waals surface area contributed by atoms with Gasteiger partial charge in [0.25, 0.3) is 5.91 Å². The Bertz CT molecular complexity index is 310. The summed E-state index contributed by atoms with van der Waals surface area (Å²) in [6, 6.07) is 5.45. The molecule has 0 aliphatic rings. The van der Waals surface area contributed by atoms with Crippen LogP contribution in [0.3, 0.4) is 0 Å². The van der Waals surface area contributed by atoms with E-state index in [2.05, 4.69) is 0 Å². The molecule has 0 fully saturated rings. The number of carbonyl (C=O) groups is 1. The van der Waals surface area contributed by atoms with Gasteiger partial charge in [-0.25, -0.2) is 4.39 Å². The van der Waals surface area contributed by atoms with Crippen LogP contribution in [0.15, 0.2) is 24.3 Å². The first-order valence-electron chi connectivity index (χ1n) is 4.35. The summed E-state index contributed by atoms with van der Waals surface area (Å²) in [6.45, 7) is 1.79. The van der Waals surface area contributed by atoms with E-state index in [1.165, 1.54) is 24.3 Å². The summed E-state index contributed by atoms with van der Waals surface area (Å²) in [4.78, 5) is 10.8. The Hall–Kier alpha value is -1.58. The maximum absolute atomic E-state index is 12.5. The molecular weight excluding hydrogens is 185 g/mol. The molecule has 14 heavy (non-hydrogen) atoms. The third-order valence-corrected chi connectivity index (χ3v) is 1.78. The van der Waals surface area contributed by atoms with E-state index in [1.807, 2.05) is 0 Å². The van der Waals surface area contributed by atoms with Crippen molar-refractivity contribution in [2.75, 3.05) is 0 Å². The van der Waals surface area contributed by atoms with E-state index in [1.54, 1.807) is 6.92 Å². The Morgan fingerprint density at radius 1 is 1.50 bits per heavy atom. The quantitative estimate of drug-likeness (QED) is 0.794. The molecule has 0 saturated carbocycles. The van der Waals surface area contributed by atoms with Gasteiger partial charge >= 0.3 is 0 Å². The SMILES string of the molecule is CC[C@@H](Oc1ccc(F)cc1)C(N)=O. The molecule has 1 rings (SSSR count). The van der Waals surface area contributed by atoms with Crippen molar-refractivity contribution in [3.8, 4) is 5.75 Å². The molecule has 0 saturated heterocycles. The summed E-state index contributed by atoms with van der Waals surface area (Å²) in [5.74, 6) is -0.418. The van der Waals surface area contributed by atoms with Crippen LogP contribution in [0, 0.1) is 5.82 Å². The molecule has 0 radical (unpaired) electrons. The second-order valence-corrected chi connectivity index (χ2v) is 2.87. The van der Waals surface area contributed by atoms with E-state index in [9.17, 15) is 9.18 Å². The average Bonchev–Trinajstić information content (AvgIpc) is 2.16. The van der Waals surface area contributed by atoms with Gasteiger partial charge in [0.2, 0.25) is 0 Å². The van der Waals surface area contributed by atoms with E-state index in [4.69, 9.17) is 10.5 Å². The van der Waals surface area contributed by atoms with Crippen molar-refractivity contribution in [3.05, 3.63) is 30.1 Å². The molecule has 4 heteroatoms. The lowest BCUT2D eigenvalue weighted by molar-refractivity contribution is -0.124. The first-order chi connectivity index (χ1) is 6.63. The Morgan fingerprint density at radius 2 is 2.07 bits per heavy atom. The van der Waals surface area contributed by atoms with Crippen LogP contribution in [0.1, 0.15) is 13.3 Å². The number of ether oxygens (including phenoxy) is 1. The van der Waals surface area contributed by atoms with E-state index < -0.39 is 12.0 Å². The molecule has 0 spiro atoms. The summed E-state index contributed by atoms with van der Waals surface area (Å²) in [5.41, 5.74) is 5.09. The van der Waals surface area contributed by atoms with E-state index in [-0.39, 0.29) is 5.82 Å². The summed E-state index contributed by atoms with van der Waals surface area (Å²) >= 11 is 0. The van der Waals surface area contributed by atoms with Crippen molar-refractivity contribution in [2.45, 2.75) is 19.4 Å². The van der Waals surface area contributed by atoms with Crippen LogP contribution in [0.5, 0.6) is 5.75 Å². The number of hydrogen-bond acceptors (Lipinski definition) is 2. The topological polar surface area (TPSA) is 52.3 Å². The van der Waals surface area contributed by atoms with E-state index in [0.29, 0.717) is 12.2 Å². The van der Waals surface area contributed by atoms with Crippen molar-refractivity contribution in [3.63, 3.8) is 0 Å². The summed E-state index contributed by atoms with van der Waals surface area (Å²) < 4.78 is 17.8. The fourth-order valence-electron chi connectivity index (χ4n) is 1.02. The predicted molar refractivity (Wildman–Crippen MR) is 50.3 cm³/mol. The Labute approximate surface area is 81.7 Å². The van der Waals surface area contributed by atoms with Crippen LogP contribution in [0.4, 0.5) is 4.39 Å². The molecule has 1 aromatic carbocycles. The maximum Gasteiger partial charge on any atom is 0.258 e. The largest absolute Gasteiger partial charge is 0.481 e. The van der Waals surface area contributed by atoms with Crippen molar-refractivity contribution >= 4 is 5.91 Å². The molecule has 76 valence electrons. The smallest absolute Gasteiger partial charge is 0.258 e. The fraction of sp³-hybridized carbons (Fsp3) is 0.300. The molecule has 0 unspecified atom stereocenters. The number of carbonyl (C=O) groups excluding carboxylic acids is 1. The molecule has 1 amide bonds. The minimum Gasteiger partial charge on any atom is -0.481 e. The summed E-state index contributed by atoms with van der Waals surface area (Å²) in [5, 5.41) is 0. The minimum atomic E-state index is -0.652. The number of benzene rings is 1. The Morgan fingerprint density at radius 3 is 2.50 bits per heavy atom. The normalized spacial score (nSPS) is 12.1. The van der Waals surface area contributed by atoms with Gasteiger partial charge in [-0.05, 0) is 30.7 Å². The maximum atomic E-state index is 12.5. The first-order valence-corrected chi connectivity index (χ1v) is 4.35. The van der Waals surface area contributed by atoms with Gasteiger partial charge in [-0.3, -0.25) is 4.79 Å². The first kappa shape index (κ1) is 10.5. The third-order valence-electron chi connectivity index (χ3n) is 1.78. The van der Waals surface area contributed by atoms with Crippen molar-refractivity contribution in [2.24, 2.45) is 5.73 Å². The predicted octanol–water partition coefficient (Wildman–Crippen LogP) is 1.47. The average molecular weight is 197 g/mol. The zero-order chi connectivity index (χ0) is 10.6. The second kappa shape index (κ2) is 4.60. The Balaban J connectivity index is 2.67. The van der Waals surface area contributed by atoms with E-state index >= 15 is 0 Å². The monoisotopic (exact) mass is 197 g/mol. The van der Waals surface area contributed by atoms with Crippen LogP contribution < -0.4 is 10.5 Å². The van der Waals surface area contributed by atoms with Gasteiger partial charge in [0, 0.05) is 0 Å². The number of rotatable bonds is 4. The number of hydrogen-bond donors (Lipinski definition) is 1. The van der Waals surface area contributed by atoms with Gasteiger partial charge in [-0.15, -0.1) is 0 Å². The van der Waals surface area contributed by atoms with Gasteiger partial charge in [0.15, 0.2) is 6.10 Å². The number of primary amides is 1. The highest BCUT2D eigenvalue weighted by Crippen LogP contribution is 2.13. The molecule has 2 N–H and O–H groups in total. The molecule has 0 bridgehead atoms. The third kappa shape index (κ3) is 2.73. The Kier molecular flexibility index (Phi) is 3.45. The van der Waals surface area contributed by atoms with Gasteiger partial charge in [-0.1, -0.05) is 6.92 Å². The second-order valence-electron chi connectivity index (χ2n) is 2.87. The zero-order valence-electron chi connectivity index (χ0n) is 7.87. The molecule has 0 heterocycles. The minimum absolute atomic E-state index is 0.343. The summed E-state index contributed by atoms with van der Waals surface area (Å²) in [6.07, 6.45) is -0.160. The molecule has 0 aliphatic heterocycles. The lowest BCUT2D eigenvalue weighted by Gasteiger charge is -2.13. The van der Waals surface area contributed by atoms with Crippen LogP contribution in [0.2, 0.25) is 0 Å². The zero-order valence-corrected chi connectivity index (χ0v) is 7.87. The molecule has 3 nitrogen and oxygen atoms in total.